The number of carbonyl (C=O) groups excluding carboxylic acids is 3. The fraction of sp³-hybridized carbons (Fsp3) is 0.476. The Morgan fingerprint density at radius 3 is 2.11 bits per heavy atom. The molecule has 1 amide bonds. The molecule has 1 heterocycles. The molecule has 0 spiro atoms. The number of likely N-dealkylation sites (N-methyl/N-ethyl adjacent to an activating group) is 2. The lowest BCUT2D eigenvalue weighted by Crippen LogP contribution is -2.34. The first-order valence-electron chi connectivity index (χ1n) is 8.95. The molecule has 2 rings (SSSR count). The normalized spacial score (nSPS) is 11.9. The minimum atomic E-state index is -0.581. The van der Waals surface area contributed by atoms with Gasteiger partial charge in [-0.05, 0) is 39.2 Å². The zero-order valence-corrected chi connectivity index (χ0v) is 17.2. The summed E-state index contributed by atoms with van der Waals surface area (Å²) in [5, 5.41) is 0.639. The molecule has 0 fully saturated rings. The maximum absolute atomic E-state index is 12.9. The van der Waals surface area contributed by atoms with Crippen molar-refractivity contribution < 1.29 is 18.8 Å². The molecule has 27 heavy (non-hydrogen) atoms. The van der Waals surface area contributed by atoms with Crippen molar-refractivity contribution in [3.05, 3.63) is 35.1 Å². The molecule has 6 nitrogen and oxygen atoms in total. The molecule has 1 aromatic carbocycles. The Balaban J connectivity index is 2.49. The monoisotopic (exact) mass is 372 g/mol. The van der Waals surface area contributed by atoms with Crippen molar-refractivity contribution in [2.24, 2.45) is 5.41 Å². The van der Waals surface area contributed by atoms with Crippen LogP contribution in [0.5, 0.6) is 0 Å². The summed E-state index contributed by atoms with van der Waals surface area (Å²) < 4.78 is 5.72. The number of amides is 1. The van der Waals surface area contributed by atoms with Gasteiger partial charge in [-0.25, -0.2) is 0 Å². The number of carbonyl (C=O) groups is 3. The van der Waals surface area contributed by atoms with Gasteiger partial charge in [-0.1, -0.05) is 20.8 Å². The number of ketones is 2. The van der Waals surface area contributed by atoms with E-state index in [1.165, 1.54) is 6.92 Å². The van der Waals surface area contributed by atoms with Crippen LogP contribution in [0.1, 0.15) is 59.0 Å². The summed E-state index contributed by atoms with van der Waals surface area (Å²) in [6, 6.07) is 4.84. The average molecular weight is 372 g/mol. The lowest BCUT2D eigenvalue weighted by Gasteiger charge is -2.20. The van der Waals surface area contributed by atoms with E-state index in [1.54, 1.807) is 30.1 Å². The summed E-state index contributed by atoms with van der Waals surface area (Å²) in [6.07, 6.45) is 0. The van der Waals surface area contributed by atoms with Crippen LogP contribution in [-0.2, 0) is 0 Å². The van der Waals surface area contributed by atoms with E-state index in [0.29, 0.717) is 35.2 Å². The van der Waals surface area contributed by atoms with Crippen LogP contribution in [0.15, 0.2) is 22.6 Å². The number of nitrogens with zero attached hydrogens (tertiary/aromatic N) is 2. The number of Topliss-reactive ketones (excluding diaryl/α,β-unsaturated/α-hetero) is 2. The van der Waals surface area contributed by atoms with Crippen LogP contribution in [-0.4, -0.2) is 61.5 Å². The van der Waals surface area contributed by atoms with Gasteiger partial charge in [-0.15, -0.1) is 0 Å². The first-order chi connectivity index (χ1) is 12.4. The molecule has 0 radical (unpaired) electrons. The summed E-state index contributed by atoms with van der Waals surface area (Å²) >= 11 is 0. The fourth-order valence-corrected chi connectivity index (χ4v) is 2.69. The zero-order chi connectivity index (χ0) is 20.5. The minimum absolute atomic E-state index is 0.126. The van der Waals surface area contributed by atoms with Crippen molar-refractivity contribution in [2.45, 2.75) is 27.7 Å². The number of hydrogen-bond donors (Lipinski definition) is 0. The molecular weight excluding hydrogens is 344 g/mol. The van der Waals surface area contributed by atoms with Gasteiger partial charge in [0.1, 0.15) is 5.58 Å². The molecule has 6 heteroatoms. The van der Waals surface area contributed by atoms with E-state index >= 15 is 0 Å². The van der Waals surface area contributed by atoms with Crippen molar-refractivity contribution in [2.75, 3.05) is 34.2 Å². The second-order valence-corrected chi connectivity index (χ2v) is 8.21. The molecular formula is C21H28N2O4. The van der Waals surface area contributed by atoms with Gasteiger partial charge >= 0.3 is 0 Å². The van der Waals surface area contributed by atoms with Crippen LogP contribution >= 0.6 is 0 Å². The molecule has 1 aromatic heterocycles. The summed E-state index contributed by atoms with van der Waals surface area (Å²) in [5.74, 6) is -0.341. The van der Waals surface area contributed by atoms with E-state index < -0.39 is 5.41 Å². The van der Waals surface area contributed by atoms with Crippen molar-refractivity contribution in [3.63, 3.8) is 0 Å². The molecule has 0 saturated carbocycles. The minimum Gasteiger partial charge on any atom is -0.453 e. The van der Waals surface area contributed by atoms with E-state index in [1.807, 2.05) is 39.8 Å². The van der Waals surface area contributed by atoms with Crippen molar-refractivity contribution in [3.8, 4) is 0 Å². The second kappa shape index (κ2) is 7.64. The number of fused-ring (bicyclic) bond motifs is 1. The summed E-state index contributed by atoms with van der Waals surface area (Å²) in [7, 11) is 5.57. The molecule has 0 N–H and O–H groups in total. The molecule has 0 atom stereocenters. The van der Waals surface area contributed by atoms with Gasteiger partial charge in [0.2, 0.25) is 5.78 Å². The van der Waals surface area contributed by atoms with Crippen LogP contribution < -0.4 is 0 Å². The highest BCUT2D eigenvalue weighted by Crippen LogP contribution is 2.29. The van der Waals surface area contributed by atoms with Crippen LogP contribution in [0.2, 0.25) is 0 Å². The van der Waals surface area contributed by atoms with E-state index in [2.05, 4.69) is 0 Å². The molecule has 146 valence electrons. The maximum atomic E-state index is 12.9. The Kier molecular flexibility index (Phi) is 5.90. The Morgan fingerprint density at radius 2 is 1.59 bits per heavy atom. The summed E-state index contributed by atoms with van der Waals surface area (Å²) in [6.45, 7) is 8.13. The molecule has 0 unspecified atom stereocenters. The highest BCUT2D eigenvalue weighted by Gasteiger charge is 2.27. The number of hydrogen-bond acceptors (Lipinski definition) is 5. The SMILES string of the molecule is CC(=O)c1cc2cc(C(=O)C(C)(C)C)oc2cc1C(=O)N(C)CCN(C)C. The van der Waals surface area contributed by atoms with Gasteiger partial charge in [0.15, 0.2) is 11.5 Å². The van der Waals surface area contributed by atoms with Crippen LogP contribution in [0.25, 0.3) is 11.0 Å². The zero-order valence-electron chi connectivity index (χ0n) is 17.2. The third kappa shape index (κ3) is 4.63. The lowest BCUT2D eigenvalue weighted by molar-refractivity contribution is 0.0781. The molecule has 0 bridgehead atoms. The predicted molar refractivity (Wildman–Crippen MR) is 106 cm³/mol. The van der Waals surface area contributed by atoms with Crippen LogP contribution in [0.4, 0.5) is 0 Å². The van der Waals surface area contributed by atoms with Gasteiger partial charge in [-0.2, -0.15) is 0 Å². The van der Waals surface area contributed by atoms with Crippen molar-refractivity contribution in [1.29, 1.82) is 0 Å². The fourth-order valence-electron chi connectivity index (χ4n) is 2.69. The topological polar surface area (TPSA) is 70.8 Å². The van der Waals surface area contributed by atoms with Crippen LogP contribution in [0.3, 0.4) is 0 Å². The quantitative estimate of drug-likeness (QED) is 0.726. The highest BCUT2D eigenvalue weighted by atomic mass is 16.3. The molecule has 2 aromatic rings. The Bertz CT molecular complexity index is 887. The van der Waals surface area contributed by atoms with E-state index in [4.69, 9.17) is 4.42 Å². The smallest absolute Gasteiger partial charge is 0.254 e. The third-order valence-electron chi connectivity index (χ3n) is 4.40. The number of benzene rings is 1. The summed E-state index contributed by atoms with van der Waals surface area (Å²) in [4.78, 5) is 41.1. The standard InChI is InChI=1S/C21H28N2O4/c1-13(24)15-10-14-11-18(19(25)21(2,3)4)27-17(14)12-16(15)20(26)23(7)9-8-22(5)6/h10-12H,8-9H2,1-7H3. The van der Waals surface area contributed by atoms with Gasteiger partial charge in [0, 0.05) is 36.5 Å². The van der Waals surface area contributed by atoms with Gasteiger partial charge < -0.3 is 14.2 Å². The Labute approximate surface area is 160 Å². The van der Waals surface area contributed by atoms with E-state index in [9.17, 15) is 14.4 Å². The Hall–Kier alpha value is -2.47. The average Bonchev–Trinajstić information content (AvgIpc) is 2.98. The van der Waals surface area contributed by atoms with Crippen molar-refractivity contribution in [1.82, 2.24) is 9.80 Å². The van der Waals surface area contributed by atoms with Crippen LogP contribution in [0, 0.1) is 5.41 Å². The number of furan rings is 1. The molecule has 0 aliphatic rings. The molecule has 0 saturated heterocycles. The maximum Gasteiger partial charge on any atom is 0.254 e. The lowest BCUT2D eigenvalue weighted by atomic mass is 9.89. The third-order valence-corrected chi connectivity index (χ3v) is 4.40. The second-order valence-electron chi connectivity index (χ2n) is 8.21. The summed E-state index contributed by atoms with van der Waals surface area (Å²) in [5.41, 5.74) is 0.472. The predicted octanol–water partition coefficient (Wildman–Crippen LogP) is 3.50. The first-order valence-corrected chi connectivity index (χ1v) is 8.95. The van der Waals surface area contributed by atoms with Gasteiger partial charge in [0.25, 0.3) is 5.91 Å². The Morgan fingerprint density at radius 1 is 0.963 bits per heavy atom. The van der Waals surface area contributed by atoms with E-state index in [-0.39, 0.29) is 23.2 Å². The van der Waals surface area contributed by atoms with Gasteiger partial charge in [-0.3, -0.25) is 14.4 Å². The molecule has 0 aliphatic heterocycles. The van der Waals surface area contributed by atoms with Crippen molar-refractivity contribution >= 4 is 28.4 Å². The molecule has 0 aliphatic carbocycles. The largest absolute Gasteiger partial charge is 0.453 e. The first kappa shape index (κ1) is 20.8. The number of rotatable bonds is 6. The highest BCUT2D eigenvalue weighted by molar-refractivity contribution is 6.11. The van der Waals surface area contributed by atoms with E-state index in [0.717, 1.165) is 0 Å². The van der Waals surface area contributed by atoms with Gasteiger partial charge in [0.05, 0.1) is 5.56 Å².